The van der Waals surface area contributed by atoms with Crippen molar-refractivity contribution in [2.45, 2.75) is 77.6 Å². The number of para-hydroxylation sites is 1. The van der Waals surface area contributed by atoms with E-state index in [4.69, 9.17) is 8.85 Å². The summed E-state index contributed by atoms with van der Waals surface area (Å²) in [4.78, 5) is 15.7. The number of hydrogen-bond donors (Lipinski definition) is 0. The highest BCUT2D eigenvalue weighted by molar-refractivity contribution is 14.1. The van der Waals surface area contributed by atoms with Crippen LogP contribution in [0, 0.1) is 3.57 Å². The number of hydrogen-bond acceptors (Lipinski definition) is 3. The number of rotatable bonds is 12. The molecule has 3 aromatic rings. The molecule has 0 radical (unpaired) electrons. The lowest BCUT2D eigenvalue weighted by atomic mass is 10.1. The van der Waals surface area contributed by atoms with Crippen LogP contribution in [-0.4, -0.2) is 42.8 Å². The zero-order valence-electron chi connectivity index (χ0n) is 27.5. The molecule has 1 amide bonds. The van der Waals surface area contributed by atoms with Gasteiger partial charge in [0, 0.05) is 29.4 Å². The molecule has 4 nitrogen and oxygen atoms in total. The van der Waals surface area contributed by atoms with Gasteiger partial charge in [-0.05, 0) is 81.1 Å². The number of anilines is 1. The fourth-order valence-electron chi connectivity index (χ4n) is 5.18. The lowest BCUT2D eigenvalue weighted by Gasteiger charge is -2.43. The summed E-state index contributed by atoms with van der Waals surface area (Å²) in [5, 5.41) is 2.53. The monoisotopic (exact) mass is 727 g/mol. The topological polar surface area (TPSA) is 38.8 Å². The lowest BCUT2D eigenvalue weighted by Crippen LogP contribution is -2.66. The van der Waals surface area contributed by atoms with Gasteiger partial charge in [-0.3, -0.25) is 4.79 Å². The second-order valence-corrected chi connectivity index (χ2v) is 24.0. The molecule has 7 heteroatoms. The number of likely N-dealkylation sites (N-methyl/N-ethyl adjacent to an activating group) is 1. The second-order valence-electron chi connectivity index (χ2n) is 13.7. The first-order chi connectivity index (χ1) is 20.1. The summed E-state index contributed by atoms with van der Waals surface area (Å²) in [6.07, 6.45) is 3.30. The zero-order chi connectivity index (χ0) is 31.9. The highest BCUT2D eigenvalue weighted by Gasteiger charge is 2.50. The van der Waals surface area contributed by atoms with Gasteiger partial charge in [-0.1, -0.05) is 120 Å². The van der Waals surface area contributed by atoms with Crippen molar-refractivity contribution in [3.63, 3.8) is 0 Å². The summed E-state index contributed by atoms with van der Waals surface area (Å²) >= 11 is 2.29. The maximum Gasteiger partial charge on any atom is 0.261 e. The van der Waals surface area contributed by atoms with Crippen LogP contribution in [0.15, 0.2) is 96.6 Å². The smallest absolute Gasteiger partial charge is 0.261 e. The molecule has 0 saturated heterocycles. The summed E-state index contributed by atoms with van der Waals surface area (Å²) in [6.45, 7) is 19.2. The van der Waals surface area contributed by atoms with Crippen molar-refractivity contribution in [1.29, 1.82) is 0 Å². The van der Waals surface area contributed by atoms with E-state index in [0.29, 0.717) is 26.1 Å². The van der Waals surface area contributed by atoms with Crippen LogP contribution < -0.4 is 15.3 Å². The van der Waals surface area contributed by atoms with Crippen LogP contribution in [0.2, 0.25) is 23.2 Å². The minimum Gasteiger partial charge on any atom is -0.416 e. The molecule has 0 heterocycles. The number of nitrogens with zero attached hydrogens (tertiary/aromatic N) is 1. The Hall–Kier alpha value is -2.05. The van der Waals surface area contributed by atoms with E-state index in [0.717, 1.165) is 14.8 Å². The third-order valence-electron chi connectivity index (χ3n) is 8.68. The first-order valence-electron chi connectivity index (χ1n) is 15.2. The Balaban J connectivity index is 1.91. The van der Waals surface area contributed by atoms with Crippen LogP contribution in [0.5, 0.6) is 0 Å². The fourth-order valence-corrected chi connectivity index (χ4v) is 11.6. The quantitative estimate of drug-likeness (QED) is 0.0813. The predicted octanol–water partition coefficient (Wildman–Crippen LogP) is 8.56. The molecule has 0 aliphatic carbocycles. The van der Waals surface area contributed by atoms with Gasteiger partial charge >= 0.3 is 0 Å². The van der Waals surface area contributed by atoms with Gasteiger partial charge in [-0.2, -0.15) is 0 Å². The van der Waals surface area contributed by atoms with Crippen LogP contribution in [-0.2, 0) is 13.6 Å². The van der Waals surface area contributed by atoms with Crippen molar-refractivity contribution >= 4 is 61.2 Å². The molecule has 3 rings (SSSR count). The molecular weight excluding hydrogens is 677 g/mol. The third kappa shape index (κ3) is 8.57. The minimum absolute atomic E-state index is 0.00777. The van der Waals surface area contributed by atoms with Crippen molar-refractivity contribution in [1.82, 2.24) is 0 Å². The van der Waals surface area contributed by atoms with Crippen molar-refractivity contribution in [3.8, 4) is 0 Å². The standard InChI is InChI=1S/C36H50INO3Si2/c1-35(2,3)42(8,9)40-28-26-29(34(39)38(7)33-25-17-16-24-32(33)37)19-18-27-41-43(36(4,5)6,30-20-12-10-13-21-30)31-22-14-11-15-23-31/h10-17,19-25H,18,26-28H2,1-9H3/b29-19+. The maximum atomic E-state index is 13.9. The van der Waals surface area contributed by atoms with Crippen molar-refractivity contribution in [2.75, 3.05) is 25.2 Å². The van der Waals surface area contributed by atoms with Crippen LogP contribution in [0.4, 0.5) is 5.69 Å². The molecule has 3 aromatic carbocycles. The summed E-state index contributed by atoms with van der Waals surface area (Å²) < 4.78 is 14.7. The Morgan fingerprint density at radius 3 is 1.77 bits per heavy atom. The lowest BCUT2D eigenvalue weighted by molar-refractivity contribution is -0.115. The second kappa shape index (κ2) is 14.8. The molecule has 0 saturated carbocycles. The molecule has 0 aromatic heterocycles. The summed E-state index contributed by atoms with van der Waals surface area (Å²) in [7, 11) is -2.72. The van der Waals surface area contributed by atoms with E-state index in [-0.39, 0.29) is 16.0 Å². The van der Waals surface area contributed by atoms with Gasteiger partial charge in [0.15, 0.2) is 8.32 Å². The van der Waals surface area contributed by atoms with Crippen LogP contribution in [0.1, 0.15) is 54.4 Å². The van der Waals surface area contributed by atoms with Gasteiger partial charge in [-0.15, -0.1) is 0 Å². The zero-order valence-corrected chi connectivity index (χ0v) is 31.7. The van der Waals surface area contributed by atoms with E-state index < -0.39 is 16.6 Å². The van der Waals surface area contributed by atoms with Crippen LogP contribution >= 0.6 is 22.6 Å². The maximum absolute atomic E-state index is 13.9. The summed E-state index contributed by atoms with van der Waals surface area (Å²) in [6, 6.07) is 29.4. The van der Waals surface area contributed by atoms with Crippen molar-refractivity contribution in [3.05, 3.63) is 100 Å². The predicted molar refractivity (Wildman–Crippen MR) is 197 cm³/mol. The van der Waals surface area contributed by atoms with E-state index in [9.17, 15) is 4.79 Å². The summed E-state index contributed by atoms with van der Waals surface area (Å²) in [5.41, 5.74) is 1.68. The molecule has 0 atom stereocenters. The highest BCUT2D eigenvalue weighted by atomic mass is 127. The Labute approximate surface area is 276 Å². The van der Waals surface area contributed by atoms with E-state index in [1.54, 1.807) is 4.90 Å². The number of carbonyl (C=O) groups excluding carboxylic acids is 1. The van der Waals surface area contributed by atoms with Crippen molar-refractivity contribution < 1.29 is 13.6 Å². The largest absolute Gasteiger partial charge is 0.416 e. The van der Waals surface area contributed by atoms with Crippen molar-refractivity contribution in [2.24, 2.45) is 0 Å². The van der Waals surface area contributed by atoms with E-state index in [2.05, 4.69) is 144 Å². The Morgan fingerprint density at radius 1 is 0.767 bits per heavy atom. The number of halogens is 1. The first-order valence-corrected chi connectivity index (χ1v) is 21.1. The molecular formula is C36H50INO3Si2. The molecule has 0 unspecified atom stereocenters. The van der Waals surface area contributed by atoms with E-state index in [1.165, 1.54) is 10.4 Å². The molecule has 0 aliphatic heterocycles. The minimum atomic E-state index is -2.65. The summed E-state index contributed by atoms with van der Waals surface area (Å²) in [5.74, 6) is 0.00777. The molecule has 0 aliphatic rings. The Kier molecular flexibility index (Phi) is 12.2. The third-order valence-corrected chi connectivity index (χ3v) is 19.2. The Bertz CT molecular complexity index is 1320. The molecule has 232 valence electrons. The van der Waals surface area contributed by atoms with Gasteiger partial charge < -0.3 is 13.8 Å². The SMILES string of the molecule is CN(C(=O)/C(=C/CCO[Si](c1ccccc1)(c1ccccc1)C(C)(C)C)CCO[Si](C)(C)C(C)(C)C)c1ccccc1I. The molecule has 0 spiro atoms. The highest BCUT2D eigenvalue weighted by Crippen LogP contribution is 2.38. The molecule has 0 N–H and O–H groups in total. The number of benzene rings is 3. The molecule has 0 fully saturated rings. The molecule has 43 heavy (non-hydrogen) atoms. The van der Waals surface area contributed by atoms with E-state index in [1.807, 2.05) is 31.3 Å². The Morgan fingerprint density at radius 2 is 1.28 bits per heavy atom. The number of carbonyl (C=O) groups is 1. The molecule has 0 bridgehead atoms. The number of amides is 1. The average molecular weight is 728 g/mol. The fraction of sp³-hybridized carbons (Fsp3) is 0.417. The van der Waals surface area contributed by atoms with Crippen LogP contribution in [0.3, 0.4) is 0 Å². The van der Waals surface area contributed by atoms with E-state index >= 15 is 0 Å². The van der Waals surface area contributed by atoms with Gasteiger partial charge in [0.25, 0.3) is 14.2 Å². The van der Waals surface area contributed by atoms with Crippen LogP contribution in [0.25, 0.3) is 0 Å². The average Bonchev–Trinajstić information content (AvgIpc) is 2.95. The van der Waals surface area contributed by atoms with Gasteiger partial charge in [0.1, 0.15) is 0 Å². The van der Waals surface area contributed by atoms with Gasteiger partial charge in [-0.25, -0.2) is 0 Å². The van der Waals surface area contributed by atoms with Gasteiger partial charge in [0.2, 0.25) is 0 Å². The first kappa shape index (κ1) is 35.4. The van der Waals surface area contributed by atoms with Gasteiger partial charge in [0.05, 0.1) is 5.69 Å². The normalized spacial score (nSPS) is 13.2.